The first kappa shape index (κ1) is 22.2. The molecule has 134 valence electrons. The second-order valence-corrected chi connectivity index (χ2v) is 6.24. The zero-order valence-electron chi connectivity index (χ0n) is 14.4. The van der Waals surface area contributed by atoms with E-state index < -0.39 is 8.60 Å². The summed E-state index contributed by atoms with van der Waals surface area (Å²) >= 11 is 0. The van der Waals surface area contributed by atoms with Crippen molar-refractivity contribution in [3.63, 3.8) is 0 Å². The highest BCUT2D eigenvalue weighted by Crippen LogP contribution is 2.32. The minimum atomic E-state index is -1.72. The van der Waals surface area contributed by atoms with Crippen molar-refractivity contribution in [1.29, 1.82) is 0 Å². The molecule has 22 heavy (non-hydrogen) atoms. The Labute approximate surface area is 137 Å². The molecule has 0 aromatic heterocycles. The maximum atomic E-state index is 9.55. The highest BCUT2D eigenvalue weighted by Gasteiger charge is 2.05. The van der Waals surface area contributed by atoms with Crippen LogP contribution in [0.1, 0.15) is 65.2 Å². The predicted molar refractivity (Wildman–Crippen MR) is 91.0 cm³/mol. The maximum Gasteiger partial charge on any atom is 0.329 e. The van der Waals surface area contributed by atoms with Crippen LogP contribution in [0.5, 0.6) is 0 Å². The van der Waals surface area contributed by atoms with Crippen LogP contribution in [-0.2, 0) is 18.5 Å². The number of hydrogen-bond acceptors (Lipinski definition) is 5. The van der Waals surface area contributed by atoms with Gasteiger partial charge in [0.25, 0.3) is 0 Å². The second-order valence-electron chi connectivity index (χ2n) is 5.25. The van der Waals surface area contributed by atoms with E-state index in [2.05, 4.69) is 13.8 Å². The predicted octanol–water partition coefficient (Wildman–Crippen LogP) is 4.43. The first-order chi connectivity index (χ1) is 10.8. The molecule has 0 aromatic rings. The Morgan fingerprint density at radius 3 is 1.36 bits per heavy atom. The highest BCUT2D eigenvalue weighted by molar-refractivity contribution is 7.40. The summed E-state index contributed by atoms with van der Waals surface area (Å²) in [7, 11) is -1.72. The Morgan fingerprint density at radius 2 is 0.955 bits per heavy atom. The summed E-state index contributed by atoms with van der Waals surface area (Å²) in [4.78, 5) is 9.55. The van der Waals surface area contributed by atoms with Crippen molar-refractivity contribution >= 4 is 8.60 Å². The van der Waals surface area contributed by atoms with Gasteiger partial charge in [-0.15, -0.1) is 0 Å². The molecule has 0 amide bonds. The van der Waals surface area contributed by atoms with Crippen molar-refractivity contribution in [3.8, 4) is 0 Å². The summed E-state index contributed by atoms with van der Waals surface area (Å²) < 4.78 is 21.4. The molecule has 0 heterocycles. The molecule has 0 unspecified atom stereocenters. The molecule has 0 aliphatic carbocycles. The summed E-state index contributed by atoms with van der Waals surface area (Å²) in [6, 6.07) is 0. The van der Waals surface area contributed by atoms with Crippen LogP contribution in [0.25, 0.3) is 0 Å². The van der Waals surface area contributed by atoms with E-state index in [1.165, 1.54) is 12.8 Å². The molecule has 0 saturated heterocycles. The molecule has 0 rings (SSSR count). The molecule has 0 bridgehead atoms. The average molecular weight is 338 g/mol. The van der Waals surface area contributed by atoms with Crippen molar-refractivity contribution < 1.29 is 23.4 Å². The van der Waals surface area contributed by atoms with Crippen LogP contribution in [0.2, 0.25) is 0 Å². The van der Waals surface area contributed by atoms with Gasteiger partial charge in [0.15, 0.2) is 0 Å². The second kappa shape index (κ2) is 19.3. The maximum absolute atomic E-state index is 9.55. The van der Waals surface area contributed by atoms with Crippen molar-refractivity contribution in [1.82, 2.24) is 0 Å². The third-order valence-electron chi connectivity index (χ3n) is 3.05. The molecule has 0 atom stereocenters. The average Bonchev–Trinajstić information content (AvgIpc) is 2.52. The standard InChI is InChI=1S/C16H35O5P/c1-3-5-11-18-13-7-9-15-20-22(17)21-16-10-8-14-19-12-6-4-2/h17H,3-16H2,1-2H3. The molecule has 1 N–H and O–H groups in total. The lowest BCUT2D eigenvalue weighted by Gasteiger charge is -2.11. The van der Waals surface area contributed by atoms with Gasteiger partial charge in [0, 0.05) is 26.4 Å². The zero-order chi connectivity index (χ0) is 16.3. The lowest BCUT2D eigenvalue weighted by molar-refractivity contribution is 0.117. The summed E-state index contributed by atoms with van der Waals surface area (Å²) in [5.74, 6) is 0. The third-order valence-corrected chi connectivity index (χ3v) is 3.86. The molecule has 0 saturated carbocycles. The Balaban J connectivity index is 3.11. The van der Waals surface area contributed by atoms with Gasteiger partial charge in [0.05, 0.1) is 13.2 Å². The van der Waals surface area contributed by atoms with E-state index in [9.17, 15) is 4.89 Å². The summed E-state index contributed by atoms with van der Waals surface area (Å²) in [6.07, 6.45) is 8.27. The third kappa shape index (κ3) is 18.3. The van der Waals surface area contributed by atoms with E-state index in [-0.39, 0.29) is 0 Å². The van der Waals surface area contributed by atoms with Gasteiger partial charge in [0.1, 0.15) is 0 Å². The quantitative estimate of drug-likeness (QED) is 0.296. The molecular weight excluding hydrogens is 303 g/mol. The van der Waals surface area contributed by atoms with Gasteiger partial charge in [-0.3, -0.25) is 0 Å². The summed E-state index contributed by atoms with van der Waals surface area (Å²) in [5, 5.41) is 0. The van der Waals surface area contributed by atoms with Crippen LogP contribution in [0, 0.1) is 0 Å². The van der Waals surface area contributed by atoms with E-state index in [1.54, 1.807) is 0 Å². The summed E-state index contributed by atoms with van der Waals surface area (Å²) in [5.41, 5.74) is 0. The van der Waals surface area contributed by atoms with Gasteiger partial charge in [-0.25, -0.2) is 0 Å². The zero-order valence-corrected chi connectivity index (χ0v) is 15.3. The van der Waals surface area contributed by atoms with Crippen LogP contribution in [0.4, 0.5) is 0 Å². The summed E-state index contributed by atoms with van der Waals surface area (Å²) in [6.45, 7) is 8.58. The van der Waals surface area contributed by atoms with Gasteiger partial charge in [-0.05, 0) is 38.5 Å². The van der Waals surface area contributed by atoms with E-state index in [1.807, 2.05) is 0 Å². The molecule has 0 spiro atoms. The normalized spacial score (nSPS) is 11.5. The van der Waals surface area contributed by atoms with E-state index >= 15 is 0 Å². The van der Waals surface area contributed by atoms with Gasteiger partial charge in [0.2, 0.25) is 0 Å². The van der Waals surface area contributed by atoms with Crippen LogP contribution in [0.15, 0.2) is 0 Å². The lowest BCUT2D eigenvalue weighted by Crippen LogP contribution is -2.01. The highest BCUT2D eigenvalue weighted by atomic mass is 31.2. The van der Waals surface area contributed by atoms with Gasteiger partial charge >= 0.3 is 8.60 Å². The Morgan fingerprint density at radius 1 is 0.591 bits per heavy atom. The van der Waals surface area contributed by atoms with E-state index in [4.69, 9.17) is 18.5 Å². The number of hydrogen-bond donors (Lipinski definition) is 1. The Bertz CT molecular complexity index is 187. The molecular formula is C16H35O5P. The number of rotatable bonds is 18. The topological polar surface area (TPSA) is 57.2 Å². The van der Waals surface area contributed by atoms with Gasteiger partial charge < -0.3 is 23.4 Å². The molecule has 0 fully saturated rings. The van der Waals surface area contributed by atoms with Crippen LogP contribution < -0.4 is 0 Å². The fourth-order valence-electron chi connectivity index (χ4n) is 1.63. The molecule has 0 aliphatic rings. The molecule has 5 nitrogen and oxygen atoms in total. The smallest absolute Gasteiger partial charge is 0.329 e. The fourth-order valence-corrected chi connectivity index (χ4v) is 2.28. The largest absolute Gasteiger partial charge is 0.381 e. The molecule has 6 heteroatoms. The fraction of sp³-hybridized carbons (Fsp3) is 1.00. The van der Waals surface area contributed by atoms with E-state index in [0.717, 1.165) is 65.0 Å². The van der Waals surface area contributed by atoms with Gasteiger partial charge in [-0.2, -0.15) is 0 Å². The van der Waals surface area contributed by atoms with Crippen molar-refractivity contribution in [2.24, 2.45) is 0 Å². The first-order valence-corrected chi connectivity index (χ1v) is 9.84. The number of unbranched alkanes of at least 4 members (excludes halogenated alkanes) is 4. The van der Waals surface area contributed by atoms with Crippen molar-refractivity contribution in [2.75, 3.05) is 39.6 Å². The van der Waals surface area contributed by atoms with E-state index in [0.29, 0.717) is 13.2 Å². The lowest BCUT2D eigenvalue weighted by atomic mass is 10.3. The molecule has 0 aromatic carbocycles. The van der Waals surface area contributed by atoms with Crippen molar-refractivity contribution in [3.05, 3.63) is 0 Å². The SMILES string of the molecule is CCCCOCCCCOP(O)OCCCCOCCCC. The first-order valence-electron chi connectivity index (χ1n) is 8.71. The molecule has 0 radical (unpaired) electrons. The minimum Gasteiger partial charge on any atom is -0.381 e. The number of ether oxygens (including phenoxy) is 2. The minimum absolute atomic E-state index is 0.527. The Hall–Kier alpha value is 0.230. The van der Waals surface area contributed by atoms with Crippen LogP contribution in [0.3, 0.4) is 0 Å². The van der Waals surface area contributed by atoms with Crippen LogP contribution in [-0.4, -0.2) is 44.5 Å². The van der Waals surface area contributed by atoms with Gasteiger partial charge in [-0.1, -0.05) is 26.7 Å². The Kier molecular flexibility index (Phi) is 19.5. The van der Waals surface area contributed by atoms with Crippen LogP contribution >= 0.6 is 8.60 Å². The van der Waals surface area contributed by atoms with Crippen molar-refractivity contribution in [2.45, 2.75) is 65.2 Å². The monoisotopic (exact) mass is 338 g/mol. The molecule has 0 aliphatic heterocycles.